The maximum Gasteiger partial charge on any atom is 0.264 e. The summed E-state index contributed by atoms with van der Waals surface area (Å²) in [4.78, 5) is 14.4. The Balaban J connectivity index is 2.16. The first-order valence-corrected chi connectivity index (χ1v) is 9.91. The molecule has 1 N–H and O–H groups in total. The van der Waals surface area contributed by atoms with Crippen LogP contribution in [-0.4, -0.2) is 53.0 Å². The Hall–Kier alpha value is -2.38. The lowest BCUT2D eigenvalue weighted by Gasteiger charge is -2.23. The van der Waals surface area contributed by atoms with Crippen LogP contribution in [0.1, 0.15) is 17.3 Å². The van der Waals surface area contributed by atoms with Crippen molar-refractivity contribution in [3.05, 3.63) is 60.2 Å². The summed E-state index contributed by atoms with van der Waals surface area (Å²) in [6.45, 7) is 3.38. The Morgan fingerprint density at radius 2 is 1.62 bits per heavy atom. The van der Waals surface area contributed by atoms with Crippen molar-refractivity contribution in [3.63, 3.8) is 0 Å². The van der Waals surface area contributed by atoms with Crippen molar-refractivity contribution < 1.29 is 13.2 Å². The minimum Gasteiger partial charge on any atom is -0.351 e. The van der Waals surface area contributed by atoms with E-state index in [0.29, 0.717) is 24.3 Å². The highest BCUT2D eigenvalue weighted by molar-refractivity contribution is 7.92. The predicted octanol–water partition coefficient (Wildman–Crippen LogP) is 2.19. The fraction of sp³-hybridized carbons (Fsp3) is 0.316. The molecule has 26 heavy (non-hydrogen) atoms. The van der Waals surface area contributed by atoms with Crippen molar-refractivity contribution in [1.29, 1.82) is 0 Å². The van der Waals surface area contributed by atoms with Gasteiger partial charge in [0.15, 0.2) is 0 Å². The molecule has 0 aliphatic rings. The maximum absolute atomic E-state index is 12.8. The number of amides is 1. The van der Waals surface area contributed by atoms with E-state index in [0.717, 1.165) is 6.54 Å². The zero-order valence-corrected chi connectivity index (χ0v) is 16.2. The molecule has 2 rings (SSSR count). The summed E-state index contributed by atoms with van der Waals surface area (Å²) in [5, 5.41) is 2.84. The van der Waals surface area contributed by atoms with Gasteiger partial charge in [-0.05, 0) is 57.4 Å². The topological polar surface area (TPSA) is 69.7 Å². The van der Waals surface area contributed by atoms with E-state index in [-0.39, 0.29) is 10.8 Å². The zero-order chi connectivity index (χ0) is 19.2. The molecular formula is C19H25N3O3S. The number of likely N-dealkylation sites (N-methyl/N-ethyl adjacent to an activating group) is 1. The summed E-state index contributed by atoms with van der Waals surface area (Å²) in [5.74, 6) is -0.174. The second-order valence-electron chi connectivity index (χ2n) is 6.09. The van der Waals surface area contributed by atoms with Crippen LogP contribution in [0, 0.1) is 0 Å². The van der Waals surface area contributed by atoms with Crippen molar-refractivity contribution in [3.8, 4) is 0 Å². The molecule has 0 heterocycles. The molecule has 2 aromatic carbocycles. The first-order valence-electron chi connectivity index (χ1n) is 8.47. The first kappa shape index (κ1) is 19.9. The number of carbonyl (C=O) groups is 1. The lowest BCUT2D eigenvalue weighted by Crippen LogP contribution is -2.32. The summed E-state index contributed by atoms with van der Waals surface area (Å²) in [6, 6.07) is 14.9. The van der Waals surface area contributed by atoms with E-state index < -0.39 is 10.0 Å². The molecule has 0 spiro atoms. The van der Waals surface area contributed by atoms with Crippen molar-refractivity contribution in [2.24, 2.45) is 0 Å². The number of sulfonamides is 1. The van der Waals surface area contributed by atoms with Crippen LogP contribution in [0.5, 0.6) is 0 Å². The average molecular weight is 375 g/mol. The molecule has 1 amide bonds. The zero-order valence-electron chi connectivity index (χ0n) is 15.3. The highest BCUT2D eigenvalue weighted by atomic mass is 32.2. The minimum atomic E-state index is -3.63. The van der Waals surface area contributed by atoms with Gasteiger partial charge < -0.3 is 10.2 Å². The summed E-state index contributed by atoms with van der Waals surface area (Å²) in [6.07, 6.45) is 0. The molecule has 0 unspecified atom stereocenters. The molecular weight excluding hydrogens is 350 g/mol. The number of nitrogens with one attached hydrogen (secondary N) is 1. The molecule has 0 aliphatic carbocycles. The van der Waals surface area contributed by atoms with Crippen molar-refractivity contribution in [1.82, 2.24) is 10.2 Å². The van der Waals surface area contributed by atoms with Gasteiger partial charge in [0.05, 0.1) is 10.6 Å². The average Bonchev–Trinajstić information content (AvgIpc) is 2.63. The molecule has 0 saturated heterocycles. The van der Waals surface area contributed by atoms with Crippen LogP contribution in [0.25, 0.3) is 0 Å². The third-order valence-electron chi connectivity index (χ3n) is 3.88. The van der Waals surface area contributed by atoms with Crippen LogP contribution < -0.4 is 9.62 Å². The van der Waals surface area contributed by atoms with E-state index in [1.165, 1.54) is 4.31 Å². The van der Waals surface area contributed by atoms with Crippen LogP contribution in [0.3, 0.4) is 0 Å². The number of hydrogen-bond acceptors (Lipinski definition) is 4. The summed E-state index contributed by atoms with van der Waals surface area (Å²) in [7, 11) is 0.242. The second kappa shape index (κ2) is 8.82. The maximum atomic E-state index is 12.8. The number of nitrogens with zero attached hydrogens (tertiary/aromatic N) is 2. The van der Waals surface area contributed by atoms with Crippen LogP contribution in [0.2, 0.25) is 0 Å². The molecule has 0 bridgehead atoms. The van der Waals surface area contributed by atoms with Crippen LogP contribution in [0.4, 0.5) is 5.69 Å². The number of anilines is 1. The lowest BCUT2D eigenvalue weighted by molar-refractivity contribution is 0.0951. The molecule has 0 atom stereocenters. The molecule has 6 nitrogen and oxygen atoms in total. The van der Waals surface area contributed by atoms with Crippen LogP contribution in [-0.2, 0) is 10.0 Å². The smallest absolute Gasteiger partial charge is 0.264 e. The lowest BCUT2D eigenvalue weighted by atomic mass is 10.2. The molecule has 0 fully saturated rings. The molecule has 0 aliphatic heterocycles. The van der Waals surface area contributed by atoms with Crippen molar-refractivity contribution in [2.75, 3.05) is 38.0 Å². The molecule has 2 aromatic rings. The Kier molecular flexibility index (Phi) is 6.76. The van der Waals surface area contributed by atoms with E-state index in [2.05, 4.69) is 5.32 Å². The van der Waals surface area contributed by atoms with Crippen molar-refractivity contribution in [2.45, 2.75) is 11.8 Å². The Morgan fingerprint density at radius 3 is 2.15 bits per heavy atom. The molecule has 0 aromatic heterocycles. The van der Waals surface area contributed by atoms with Gasteiger partial charge in [-0.2, -0.15) is 0 Å². The second-order valence-corrected chi connectivity index (χ2v) is 7.95. The van der Waals surface area contributed by atoms with E-state index in [4.69, 9.17) is 0 Å². The van der Waals surface area contributed by atoms with Gasteiger partial charge in [-0.25, -0.2) is 8.42 Å². The van der Waals surface area contributed by atoms with E-state index in [1.54, 1.807) is 61.5 Å². The van der Waals surface area contributed by atoms with Gasteiger partial charge >= 0.3 is 0 Å². The standard InChI is InChI=1S/C19H25N3O3S/c1-4-22(26(24,25)18-8-6-5-7-9-18)17-12-10-16(11-13-17)19(23)20-14-15-21(2)3/h5-13H,4,14-15H2,1-3H3,(H,20,23). The van der Waals surface area contributed by atoms with E-state index in [9.17, 15) is 13.2 Å². The third kappa shape index (κ3) is 4.83. The molecule has 0 saturated carbocycles. The van der Waals surface area contributed by atoms with Gasteiger partial charge in [-0.1, -0.05) is 18.2 Å². The third-order valence-corrected chi connectivity index (χ3v) is 5.80. The predicted molar refractivity (Wildman–Crippen MR) is 104 cm³/mol. The molecule has 0 radical (unpaired) electrons. The summed E-state index contributed by atoms with van der Waals surface area (Å²) in [5.41, 5.74) is 1.03. The molecule has 7 heteroatoms. The van der Waals surface area contributed by atoms with Crippen molar-refractivity contribution >= 4 is 21.6 Å². The van der Waals surface area contributed by atoms with Gasteiger partial charge in [-0.3, -0.25) is 9.10 Å². The Labute approximate surface area is 155 Å². The van der Waals surface area contributed by atoms with Gasteiger partial charge in [0.25, 0.3) is 15.9 Å². The van der Waals surface area contributed by atoms with Crippen LogP contribution in [0.15, 0.2) is 59.5 Å². The first-order chi connectivity index (χ1) is 12.4. The number of benzene rings is 2. The fourth-order valence-electron chi connectivity index (χ4n) is 2.49. The van der Waals surface area contributed by atoms with Gasteiger partial charge in [0.2, 0.25) is 0 Å². The quantitative estimate of drug-likeness (QED) is 0.768. The molecule has 140 valence electrons. The highest BCUT2D eigenvalue weighted by Gasteiger charge is 2.23. The van der Waals surface area contributed by atoms with Gasteiger partial charge in [0, 0.05) is 25.2 Å². The largest absolute Gasteiger partial charge is 0.351 e. The number of rotatable bonds is 8. The van der Waals surface area contributed by atoms with E-state index in [1.807, 2.05) is 19.0 Å². The normalized spacial score (nSPS) is 11.4. The van der Waals surface area contributed by atoms with Crippen LogP contribution >= 0.6 is 0 Å². The highest BCUT2D eigenvalue weighted by Crippen LogP contribution is 2.23. The summed E-state index contributed by atoms with van der Waals surface area (Å²) >= 11 is 0. The summed E-state index contributed by atoms with van der Waals surface area (Å²) < 4.78 is 27.0. The SMILES string of the molecule is CCN(c1ccc(C(=O)NCCN(C)C)cc1)S(=O)(=O)c1ccccc1. The Morgan fingerprint density at radius 1 is 1.00 bits per heavy atom. The minimum absolute atomic E-state index is 0.174. The van der Waals surface area contributed by atoms with Gasteiger partial charge in [-0.15, -0.1) is 0 Å². The fourth-order valence-corrected chi connectivity index (χ4v) is 3.98. The Bertz CT molecular complexity index is 819. The van der Waals surface area contributed by atoms with Gasteiger partial charge in [0.1, 0.15) is 0 Å². The number of carbonyl (C=O) groups excluding carboxylic acids is 1. The number of hydrogen-bond donors (Lipinski definition) is 1. The monoisotopic (exact) mass is 375 g/mol. The van der Waals surface area contributed by atoms with E-state index >= 15 is 0 Å².